The third-order valence-electron chi connectivity index (χ3n) is 7.33. The molecule has 1 aromatic carbocycles. The number of hydrogen-bond acceptors (Lipinski definition) is 3. The van der Waals surface area contributed by atoms with Crippen LogP contribution in [0.3, 0.4) is 0 Å². The maximum absolute atomic E-state index is 13.0. The lowest BCUT2D eigenvalue weighted by Gasteiger charge is -2.36. The van der Waals surface area contributed by atoms with Crippen LogP contribution in [-0.4, -0.2) is 34.3 Å². The number of aromatic nitrogens is 2. The summed E-state index contributed by atoms with van der Waals surface area (Å²) in [6.07, 6.45) is 8.63. The van der Waals surface area contributed by atoms with Crippen LogP contribution in [0.5, 0.6) is 0 Å². The quantitative estimate of drug-likeness (QED) is 0.347. The molecular formula is C27H29Br2N3O3+2. The van der Waals surface area contributed by atoms with Gasteiger partial charge in [-0.3, -0.25) is 15.2 Å². The molecule has 35 heavy (non-hydrogen) atoms. The predicted molar refractivity (Wildman–Crippen MR) is 136 cm³/mol. The minimum atomic E-state index is 0.0373. The molecule has 1 atom stereocenters. The Labute approximate surface area is 222 Å². The van der Waals surface area contributed by atoms with Gasteiger partial charge in [-0.15, -0.1) is 0 Å². The van der Waals surface area contributed by atoms with Crippen molar-refractivity contribution in [2.24, 2.45) is 5.92 Å². The van der Waals surface area contributed by atoms with E-state index in [2.05, 4.69) is 57.0 Å². The van der Waals surface area contributed by atoms with Crippen molar-refractivity contribution < 1.29 is 24.7 Å². The average Bonchev–Trinajstić information content (AvgIpc) is 2.96. The molecule has 8 heteroatoms. The van der Waals surface area contributed by atoms with E-state index in [9.17, 15) is 15.2 Å². The molecule has 5 rings (SSSR count). The van der Waals surface area contributed by atoms with E-state index in [1.54, 1.807) is 18.5 Å². The summed E-state index contributed by atoms with van der Waals surface area (Å²) in [5.74, 6) is 0.411. The Morgan fingerprint density at radius 1 is 1.09 bits per heavy atom. The third-order valence-corrected chi connectivity index (χ3v) is 8.42. The van der Waals surface area contributed by atoms with E-state index in [0.29, 0.717) is 19.0 Å². The second kappa shape index (κ2) is 9.90. The van der Waals surface area contributed by atoms with E-state index >= 15 is 0 Å². The van der Waals surface area contributed by atoms with E-state index in [1.165, 1.54) is 27.6 Å². The summed E-state index contributed by atoms with van der Waals surface area (Å²) in [6, 6.07) is 10.2. The zero-order valence-corrected chi connectivity index (χ0v) is 22.8. The van der Waals surface area contributed by atoms with Crippen LogP contribution in [0.25, 0.3) is 0 Å². The number of benzene rings is 1. The van der Waals surface area contributed by atoms with Crippen molar-refractivity contribution in [1.29, 1.82) is 0 Å². The summed E-state index contributed by atoms with van der Waals surface area (Å²) in [5.41, 5.74) is 6.73. The zero-order valence-electron chi connectivity index (χ0n) is 19.6. The van der Waals surface area contributed by atoms with Crippen LogP contribution in [0.2, 0.25) is 0 Å². The van der Waals surface area contributed by atoms with Crippen LogP contribution in [0.15, 0.2) is 57.9 Å². The molecule has 1 aliphatic carbocycles. The van der Waals surface area contributed by atoms with Crippen molar-refractivity contribution in [2.45, 2.75) is 44.9 Å². The van der Waals surface area contributed by atoms with Crippen LogP contribution in [0.1, 0.15) is 52.3 Å². The predicted octanol–water partition coefficient (Wildman–Crippen LogP) is 4.28. The van der Waals surface area contributed by atoms with Crippen LogP contribution >= 0.6 is 31.9 Å². The summed E-state index contributed by atoms with van der Waals surface area (Å²) in [4.78, 5) is 14.9. The third kappa shape index (κ3) is 4.96. The maximum atomic E-state index is 13.0. The highest BCUT2D eigenvalue weighted by Crippen LogP contribution is 2.45. The summed E-state index contributed by atoms with van der Waals surface area (Å²) in [5, 5.41) is 20.7. The highest BCUT2D eigenvalue weighted by atomic mass is 79.9. The number of rotatable bonds is 3. The fourth-order valence-electron chi connectivity index (χ4n) is 5.78. The molecule has 1 aliphatic heterocycles. The summed E-state index contributed by atoms with van der Waals surface area (Å²) >= 11 is 7.40. The van der Waals surface area contributed by atoms with E-state index in [-0.39, 0.29) is 18.2 Å². The lowest BCUT2D eigenvalue weighted by atomic mass is 9.76. The van der Waals surface area contributed by atoms with Gasteiger partial charge in [0.2, 0.25) is 30.2 Å². The first-order valence-corrected chi connectivity index (χ1v) is 13.6. The molecule has 0 spiro atoms. The Morgan fingerprint density at radius 3 is 2.57 bits per heavy atom. The largest absolute Gasteiger partial charge is 0.342 e. The average molecular weight is 603 g/mol. The first-order valence-electron chi connectivity index (χ1n) is 12.0. The van der Waals surface area contributed by atoms with Crippen LogP contribution in [0, 0.1) is 12.8 Å². The molecule has 0 bridgehead atoms. The van der Waals surface area contributed by atoms with Gasteiger partial charge in [0, 0.05) is 44.2 Å². The highest BCUT2D eigenvalue weighted by molar-refractivity contribution is 9.10. The summed E-state index contributed by atoms with van der Waals surface area (Å²) in [7, 11) is 0. The van der Waals surface area contributed by atoms with Crippen LogP contribution < -0.4 is 9.46 Å². The number of nitrogens with zero attached hydrogens (tertiary/aromatic N) is 3. The molecule has 3 heterocycles. The minimum Gasteiger partial charge on any atom is -0.342 e. The smallest absolute Gasteiger partial charge is 0.245 e. The van der Waals surface area contributed by atoms with Gasteiger partial charge < -0.3 is 4.90 Å². The summed E-state index contributed by atoms with van der Waals surface area (Å²) in [6.45, 7) is 3.49. The van der Waals surface area contributed by atoms with Gasteiger partial charge in [0.05, 0.1) is 16.8 Å². The molecule has 0 radical (unpaired) electrons. The Bertz CT molecular complexity index is 1230. The van der Waals surface area contributed by atoms with E-state index in [1.807, 2.05) is 11.0 Å². The number of aryl methyl sites for hydroxylation is 3. The number of carbonyl (C=O) groups is 1. The van der Waals surface area contributed by atoms with E-state index in [4.69, 9.17) is 0 Å². The Morgan fingerprint density at radius 2 is 1.83 bits per heavy atom. The van der Waals surface area contributed by atoms with Gasteiger partial charge >= 0.3 is 0 Å². The van der Waals surface area contributed by atoms with Crippen LogP contribution in [0.4, 0.5) is 0 Å². The fourth-order valence-corrected chi connectivity index (χ4v) is 7.12. The molecule has 3 aromatic rings. The molecule has 0 unspecified atom stereocenters. The SMILES string of the molecule is Cc1cc(Br)c2c(c1)CCc1cc(Br)c[n+](O)c1[C@@H]2C1CCN(C(=O)Cc2ccc[n+](O)c2)CC1. The van der Waals surface area contributed by atoms with Crippen molar-refractivity contribution in [3.8, 4) is 0 Å². The number of pyridine rings is 2. The molecule has 1 fully saturated rings. The van der Waals surface area contributed by atoms with E-state index in [0.717, 1.165) is 56.2 Å². The van der Waals surface area contributed by atoms with Crippen molar-refractivity contribution in [2.75, 3.05) is 13.1 Å². The standard InChI is InChI=1S/C27H29Br2N3O3/c1-17-11-20-4-5-21-14-22(28)16-32(35)27(21)26(25(20)23(29)12-17)19-6-9-30(10-7-19)24(33)13-18-3-2-8-31(34)15-18/h2-3,8,11-12,14-16,19,26,34-35H,4-7,9-10,13H2,1H3/q+2/t26-/m1/s1. The number of likely N-dealkylation sites (tertiary alicyclic amines) is 1. The number of amides is 1. The summed E-state index contributed by atoms with van der Waals surface area (Å²) < 4.78 is 4.25. The number of hydrogen-bond donors (Lipinski definition) is 2. The van der Waals surface area contributed by atoms with Gasteiger partial charge in [-0.25, -0.2) is 0 Å². The molecule has 182 valence electrons. The van der Waals surface area contributed by atoms with Crippen LogP contribution in [-0.2, 0) is 24.1 Å². The van der Waals surface area contributed by atoms with Gasteiger partial charge in [-0.05, 0) is 89.3 Å². The normalized spacial score (nSPS) is 18.0. The van der Waals surface area contributed by atoms with Gasteiger partial charge in [0.15, 0.2) is 0 Å². The Kier molecular flexibility index (Phi) is 6.86. The topological polar surface area (TPSA) is 68.5 Å². The lowest BCUT2D eigenvalue weighted by molar-refractivity contribution is -0.911. The van der Waals surface area contributed by atoms with E-state index < -0.39 is 0 Å². The Hall–Kier alpha value is -2.45. The Balaban J connectivity index is 1.43. The lowest BCUT2D eigenvalue weighted by Crippen LogP contribution is -2.44. The molecule has 2 N–H and O–H groups in total. The minimum absolute atomic E-state index is 0.0373. The maximum Gasteiger partial charge on any atom is 0.245 e. The van der Waals surface area contributed by atoms with Crippen molar-refractivity contribution in [3.63, 3.8) is 0 Å². The first kappa shape index (κ1) is 24.3. The van der Waals surface area contributed by atoms with Crippen molar-refractivity contribution in [1.82, 2.24) is 4.90 Å². The van der Waals surface area contributed by atoms with Gasteiger partial charge in [-0.2, -0.15) is 0 Å². The molecule has 2 aliphatic rings. The number of piperidine rings is 1. The molecule has 2 aromatic heterocycles. The van der Waals surface area contributed by atoms with Crippen molar-refractivity contribution >= 4 is 37.8 Å². The molecule has 1 amide bonds. The molecule has 6 nitrogen and oxygen atoms in total. The molecular weight excluding hydrogens is 574 g/mol. The number of carbonyl (C=O) groups excluding carboxylic acids is 1. The van der Waals surface area contributed by atoms with Gasteiger partial charge in [0.25, 0.3) is 0 Å². The second-order valence-electron chi connectivity index (χ2n) is 9.70. The number of halogens is 2. The van der Waals surface area contributed by atoms with Crippen molar-refractivity contribution in [3.05, 3.63) is 91.4 Å². The zero-order chi connectivity index (χ0) is 24.7. The molecule has 0 saturated carbocycles. The second-order valence-corrected chi connectivity index (χ2v) is 11.5. The van der Waals surface area contributed by atoms with Gasteiger partial charge in [0.1, 0.15) is 0 Å². The number of fused-ring (bicyclic) bond motifs is 2. The first-order chi connectivity index (χ1) is 16.8. The van der Waals surface area contributed by atoms with Gasteiger partial charge in [-0.1, -0.05) is 22.0 Å². The monoisotopic (exact) mass is 601 g/mol. The molecule has 1 saturated heterocycles. The fraction of sp³-hybridized carbons (Fsp3) is 0.370. The highest BCUT2D eigenvalue weighted by Gasteiger charge is 2.41.